The highest BCUT2D eigenvalue weighted by atomic mass is 16.2. The largest absolute Gasteiger partial charge is 0.289 e. The fourth-order valence-electron chi connectivity index (χ4n) is 2.90. The fraction of sp³-hybridized carbons (Fsp3) is 0. The van der Waals surface area contributed by atoms with Crippen LogP contribution in [0.15, 0.2) is 84.1 Å². The van der Waals surface area contributed by atoms with Gasteiger partial charge in [0, 0.05) is 11.8 Å². The predicted octanol–water partition coefficient (Wildman–Crippen LogP) is 4.15. The van der Waals surface area contributed by atoms with Crippen molar-refractivity contribution in [1.29, 1.82) is 0 Å². The van der Waals surface area contributed by atoms with Crippen molar-refractivity contribution in [3.8, 4) is 0 Å². The molecular formula is C21H15N3O. The zero-order valence-corrected chi connectivity index (χ0v) is 13.4. The maximum Gasteiger partial charge on any atom is 0.289 e. The molecule has 1 amide bonds. The van der Waals surface area contributed by atoms with Crippen molar-refractivity contribution in [2.24, 2.45) is 5.10 Å². The number of nitrogens with zero attached hydrogens (tertiary/aromatic N) is 2. The highest BCUT2D eigenvalue weighted by Crippen LogP contribution is 2.27. The quantitative estimate of drug-likeness (QED) is 0.349. The van der Waals surface area contributed by atoms with Gasteiger partial charge in [0.25, 0.3) is 5.91 Å². The van der Waals surface area contributed by atoms with Crippen LogP contribution in [0.5, 0.6) is 0 Å². The van der Waals surface area contributed by atoms with E-state index in [1.165, 1.54) is 0 Å². The number of benzene rings is 3. The van der Waals surface area contributed by atoms with E-state index in [1.807, 2.05) is 24.3 Å². The Bertz CT molecular complexity index is 1030. The lowest BCUT2D eigenvalue weighted by atomic mass is 9.97. The van der Waals surface area contributed by atoms with Gasteiger partial charge in [-0.1, -0.05) is 54.6 Å². The molecule has 1 heterocycles. The lowest BCUT2D eigenvalue weighted by Gasteiger charge is -2.07. The van der Waals surface area contributed by atoms with Crippen molar-refractivity contribution in [1.82, 2.24) is 10.4 Å². The van der Waals surface area contributed by atoms with E-state index in [1.54, 1.807) is 30.6 Å². The Morgan fingerprint density at radius 3 is 2.16 bits per heavy atom. The Kier molecular flexibility index (Phi) is 3.92. The van der Waals surface area contributed by atoms with Gasteiger partial charge in [-0.05, 0) is 39.7 Å². The molecule has 4 heteroatoms. The zero-order chi connectivity index (χ0) is 17.1. The number of nitrogens with one attached hydrogen (secondary N) is 1. The van der Waals surface area contributed by atoms with Crippen LogP contribution >= 0.6 is 0 Å². The van der Waals surface area contributed by atoms with Gasteiger partial charge in [0.1, 0.15) is 5.69 Å². The molecule has 0 fully saturated rings. The minimum Gasteiger partial charge on any atom is -0.266 e. The first-order valence-electron chi connectivity index (χ1n) is 7.98. The van der Waals surface area contributed by atoms with Gasteiger partial charge in [0.05, 0.1) is 6.21 Å². The first kappa shape index (κ1) is 15.0. The van der Waals surface area contributed by atoms with Crippen LogP contribution in [0.4, 0.5) is 0 Å². The molecular weight excluding hydrogens is 310 g/mol. The Labute approximate surface area is 144 Å². The van der Waals surface area contributed by atoms with Crippen LogP contribution in [0.1, 0.15) is 16.1 Å². The fourth-order valence-corrected chi connectivity index (χ4v) is 2.90. The number of carbonyl (C=O) groups is 1. The molecule has 4 aromatic rings. The smallest absolute Gasteiger partial charge is 0.266 e. The summed E-state index contributed by atoms with van der Waals surface area (Å²) in [5, 5.41) is 8.62. The van der Waals surface area contributed by atoms with Crippen LogP contribution in [-0.2, 0) is 0 Å². The number of rotatable bonds is 3. The van der Waals surface area contributed by atoms with E-state index in [0.29, 0.717) is 5.69 Å². The third-order valence-corrected chi connectivity index (χ3v) is 4.07. The molecule has 0 aliphatic rings. The van der Waals surface area contributed by atoms with E-state index in [4.69, 9.17) is 0 Å². The molecule has 0 saturated carbocycles. The van der Waals surface area contributed by atoms with Gasteiger partial charge < -0.3 is 0 Å². The maximum absolute atomic E-state index is 12.1. The van der Waals surface area contributed by atoms with Crippen molar-refractivity contribution in [2.45, 2.75) is 0 Å². The second kappa shape index (κ2) is 6.53. The van der Waals surface area contributed by atoms with Crippen LogP contribution < -0.4 is 5.43 Å². The van der Waals surface area contributed by atoms with Crippen LogP contribution in [-0.4, -0.2) is 17.1 Å². The monoisotopic (exact) mass is 325 g/mol. The Morgan fingerprint density at radius 2 is 1.52 bits per heavy atom. The van der Waals surface area contributed by atoms with Gasteiger partial charge in [-0.15, -0.1) is 0 Å². The lowest BCUT2D eigenvalue weighted by molar-refractivity contribution is 0.0950. The molecule has 4 nitrogen and oxygen atoms in total. The number of carbonyl (C=O) groups excluding carboxylic acids is 1. The molecule has 4 rings (SSSR count). The van der Waals surface area contributed by atoms with Crippen molar-refractivity contribution in [3.63, 3.8) is 0 Å². The first-order valence-corrected chi connectivity index (χ1v) is 7.98. The SMILES string of the molecule is O=C(NN=Cc1c2ccccc2cc2ccccc12)c1ccccn1. The van der Waals surface area contributed by atoms with Crippen LogP contribution in [0.3, 0.4) is 0 Å². The number of hydrogen-bond donors (Lipinski definition) is 1. The Hall–Kier alpha value is -3.53. The van der Waals surface area contributed by atoms with E-state index < -0.39 is 0 Å². The van der Waals surface area contributed by atoms with Crippen LogP contribution in [0, 0.1) is 0 Å². The van der Waals surface area contributed by atoms with Gasteiger partial charge in [0.2, 0.25) is 0 Å². The van der Waals surface area contributed by atoms with E-state index in [9.17, 15) is 4.79 Å². The average molecular weight is 325 g/mol. The lowest BCUT2D eigenvalue weighted by Crippen LogP contribution is -2.18. The van der Waals surface area contributed by atoms with Crippen molar-refractivity contribution in [2.75, 3.05) is 0 Å². The minimum atomic E-state index is -0.332. The highest BCUT2D eigenvalue weighted by molar-refractivity contribution is 6.13. The van der Waals surface area contributed by atoms with Crippen molar-refractivity contribution < 1.29 is 4.79 Å². The standard InChI is InChI=1S/C21H15N3O/c25-21(20-11-5-6-12-22-20)24-23-14-19-17-9-3-1-7-15(17)13-16-8-2-4-10-18(16)19/h1-14H,(H,24,25). The summed E-state index contributed by atoms with van der Waals surface area (Å²) in [6.45, 7) is 0. The number of pyridine rings is 1. The third-order valence-electron chi connectivity index (χ3n) is 4.07. The van der Waals surface area contributed by atoms with Gasteiger partial charge in [-0.3, -0.25) is 9.78 Å². The average Bonchev–Trinajstić information content (AvgIpc) is 2.68. The molecule has 0 aliphatic carbocycles. The molecule has 1 N–H and O–H groups in total. The van der Waals surface area contributed by atoms with E-state index >= 15 is 0 Å². The van der Waals surface area contributed by atoms with E-state index in [0.717, 1.165) is 27.1 Å². The summed E-state index contributed by atoms with van der Waals surface area (Å²) in [7, 11) is 0. The highest BCUT2D eigenvalue weighted by Gasteiger charge is 2.07. The number of hydrogen-bond acceptors (Lipinski definition) is 3. The molecule has 0 spiro atoms. The van der Waals surface area contributed by atoms with Crippen molar-refractivity contribution in [3.05, 3.63) is 90.3 Å². The van der Waals surface area contributed by atoms with Crippen LogP contribution in [0.25, 0.3) is 21.5 Å². The molecule has 0 atom stereocenters. The summed E-state index contributed by atoms with van der Waals surface area (Å²) >= 11 is 0. The molecule has 0 unspecified atom stereocenters. The molecule has 1 aromatic heterocycles. The molecule has 120 valence electrons. The summed E-state index contributed by atoms with van der Waals surface area (Å²) in [5.74, 6) is -0.332. The van der Waals surface area contributed by atoms with E-state index in [2.05, 4.69) is 45.8 Å². The number of hydrazone groups is 1. The Morgan fingerprint density at radius 1 is 0.880 bits per heavy atom. The summed E-state index contributed by atoms with van der Waals surface area (Å²) in [4.78, 5) is 16.1. The number of aromatic nitrogens is 1. The normalized spacial score (nSPS) is 11.2. The molecule has 3 aromatic carbocycles. The second-order valence-electron chi connectivity index (χ2n) is 5.65. The number of amides is 1. The van der Waals surface area contributed by atoms with Gasteiger partial charge in [-0.2, -0.15) is 5.10 Å². The summed E-state index contributed by atoms with van der Waals surface area (Å²) in [6.07, 6.45) is 3.28. The molecule has 0 bridgehead atoms. The molecule has 25 heavy (non-hydrogen) atoms. The molecule has 0 saturated heterocycles. The summed E-state index contributed by atoms with van der Waals surface area (Å²) < 4.78 is 0. The van der Waals surface area contributed by atoms with Gasteiger partial charge >= 0.3 is 0 Å². The van der Waals surface area contributed by atoms with Crippen LogP contribution in [0.2, 0.25) is 0 Å². The second-order valence-corrected chi connectivity index (χ2v) is 5.65. The predicted molar refractivity (Wildman–Crippen MR) is 101 cm³/mol. The molecule has 0 aliphatic heterocycles. The third kappa shape index (κ3) is 2.97. The number of fused-ring (bicyclic) bond motifs is 2. The van der Waals surface area contributed by atoms with Gasteiger partial charge in [-0.25, -0.2) is 5.43 Å². The summed E-state index contributed by atoms with van der Waals surface area (Å²) in [5.41, 5.74) is 3.86. The van der Waals surface area contributed by atoms with Gasteiger partial charge in [0.15, 0.2) is 0 Å². The first-order chi connectivity index (χ1) is 12.3. The minimum absolute atomic E-state index is 0.332. The maximum atomic E-state index is 12.1. The zero-order valence-electron chi connectivity index (χ0n) is 13.4. The van der Waals surface area contributed by atoms with Crippen molar-refractivity contribution >= 4 is 33.7 Å². The van der Waals surface area contributed by atoms with E-state index in [-0.39, 0.29) is 5.91 Å². The molecule has 0 radical (unpaired) electrons. The summed E-state index contributed by atoms with van der Waals surface area (Å²) in [6, 6.07) is 23.6. The topological polar surface area (TPSA) is 54.4 Å². The Balaban J connectivity index is 1.73.